The van der Waals surface area contributed by atoms with Crippen LogP contribution in [0.1, 0.15) is 18.9 Å². The van der Waals surface area contributed by atoms with Gasteiger partial charge in [-0.3, -0.25) is 4.79 Å². The number of amides is 1. The van der Waals surface area contributed by atoms with Gasteiger partial charge in [-0.2, -0.15) is 4.31 Å². The lowest BCUT2D eigenvalue weighted by Gasteiger charge is -2.28. The van der Waals surface area contributed by atoms with E-state index < -0.39 is 25.9 Å². The van der Waals surface area contributed by atoms with Gasteiger partial charge in [0.1, 0.15) is 0 Å². The van der Waals surface area contributed by atoms with Crippen LogP contribution in [0.4, 0.5) is 0 Å². The summed E-state index contributed by atoms with van der Waals surface area (Å²) in [4.78, 5) is 13.0. The van der Waals surface area contributed by atoms with Gasteiger partial charge in [-0.25, -0.2) is 16.8 Å². The van der Waals surface area contributed by atoms with Crippen LogP contribution in [0.2, 0.25) is 0 Å². The van der Waals surface area contributed by atoms with E-state index in [0.29, 0.717) is 19.5 Å². The third-order valence-electron chi connectivity index (χ3n) is 4.45. The molecule has 0 aliphatic carbocycles. The molecule has 27 heavy (non-hydrogen) atoms. The highest BCUT2D eigenvalue weighted by Crippen LogP contribution is 2.25. The number of hydrogen-bond donors (Lipinski definition) is 1. The average molecular weight is 418 g/mol. The third-order valence-corrected chi connectivity index (χ3v) is 8.17. The lowest BCUT2D eigenvalue weighted by atomic mass is 10.2. The minimum Gasteiger partial charge on any atom is -0.352 e. The monoisotopic (exact) mass is 417 g/mol. The number of carbonyl (C=O) groups is 1. The van der Waals surface area contributed by atoms with Gasteiger partial charge in [-0.05, 0) is 38.2 Å². The maximum absolute atomic E-state index is 13.2. The lowest BCUT2D eigenvalue weighted by molar-refractivity contribution is -0.119. The van der Waals surface area contributed by atoms with E-state index in [0.717, 1.165) is 5.56 Å². The van der Waals surface area contributed by atoms with E-state index in [1.165, 1.54) is 23.4 Å². The second kappa shape index (κ2) is 8.68. The smallest absolute Gasteiger partial charge is 0.243 e. The Balaban J connectivity index is 2.25. The number of sulfone groups is 1. The summed E-state index contributed by atoms with van der Waals surface area (Å²) in [7, 11) is -3.35. The van der Waals surface area contributed by atoms with E-state index in [1.54, 1.807) is 12.1 Å². The molecule has 1 aliphatic rings. The van der Waals surface area contributed by atoms with E-state index in [2.05, 4.69) is 5.32 Å². The number of sulfonamides is 1. The molecule has 1 aliphatic heterocycles. The summed E-state index contributed by atoms with van der Waals surface area (Å²) in [5.74, 6) is -0.286. The Morgan fingerprint density at radius 2 is 1.81 bits per heavy atom. The molecule has 1 N–H and O–H groups in total. The maximum Gasteiger partial charge on any atom is 0.243 e. The molecule has 1 heterocycles. The Labute approximate surface area is 161 Å². The number of hydrogen-bond acceptors (Lipinski definition) is 6. The molecule has 1 saturated heterocycles. The molecule has 1 aromatic rings. The van der Waals surface area contributed by atoms with Crippen molar-refractivity contribution < 1.29 is 21.6 Å². The van der Waals surface area contributed by atoms with Crippen LogP contribution < -0.4 is 5.32 Å². The number of rotatable bonds is 8. The molecule has 0 unspecified atom stereocenters. The number of nitrogens with one attached hydrogen (secondary N) is 1. The zero-order valence-corrected chi connectivity index (χ0v) is 17.5. The fraction of sp³-hybridized carbons (Fsp3) is 0.588. The van der Waals surface area contributed by atoms with Gasteiger partial charge >= 0.3 is 0 Å². The molecule has 10 heteroatoms. The standard InChI is InChI=1S/C17H27N3O5S2/c1-14(21)18-12-15-4-6-17(7-5-15)27(24,25)20(10-9-19(2)3)16-8-11-26(22,23)13-16/h4-7,16H,8-13H2,1-3H3,(H,18,21)/t16-/m1/s1. The highest BCUT2D eigenvalue weighted by Gasteiger charge is 2.38. The van der Waals surface area contributed by atoms with Gasteiger partial charge in [-0.1, -0.05) is 12.1 Å². The van der Waals surface area contributed by atoms with E-state index in [9.17, 15) is 21.6 Å². The molecule has 0 bridgehead atoms. The summed E-state index contributed by atoms with van der Waals surface area (Å²) < 4.78 is 51.4. The van der Waals surface area contributed by atoms with Gasteiger partial charge in [0.2, 0.25) is 15.9 Å². The van der Waals surface area contributed by atoms with Crippen molar-refractivity contribution in [3.63, 3.8) is 0 Å². The molecule has 2 rings (SSSR count). The van der Waals surface area contributed by atoms with Crippen molar-refractivity contribution in [2.75, 3.05) is 38.7 Å². The molecule has 152 valence electrons. The Morgan fingerprint density at radius 1 is 1.19 bits per heavy atom. The van der Waals surface area contributed by atoms with Crippen LogP contribution in [0.5, 0.6) is 0 Å². The van der Waals surface area contributed by atoms with Crippen molar-refractivity contribution >= 4 is 25.8 Å². The molecule has 0 radical (unpaired) electrons. The molecule has 1 fully saturated rings. The average Bonchev–Trinajstić information content (AvgIpc) is 2.92. The minimum atomic E-state index is -3.82. The zero-order valence-electron chi connectivity index (χ0n) is 15.9. The first-order valence-electron chi connectivity index (χ1n) is 8.71. The SMILES string of the molecule is CC(=O)NCc1ccc(S(=O)(=O)N(CCN(C)C)[C@@H]2CCS(=O)(=O)C2)cc1. The fourth-order valence-corrected chi connectivity index (χ4v) is 6.41. The second-order valence-electron chi connectivity index (χ2n) is 7.03. The van der Waals surface area contributed by atoms with Crippen molar-refractivity contribution in [2.24, 2.45) is 0 Å². The van der Waals surface area contributed by atoms with Crippen molar-refractivity contribution in [3.8, 4) is 0 Å². The Bertz CT molecular complexity index is 864. The topological polar surface area (TPSA) is 104 Å². The van der Waals surface area contributed by atoms with Crippen LogP contribution in [0.25, 0.3) is 0 Å². The van der Waals surface area contributed by atoms with E-state index in [4.69, 9.17) is 0 Å². The number of carbonyl (C=O) groups excluding carboxylic acids is 1. The fourth-order valence-electron chi connectivity index (χ4n) is 2.94. The number of nitrogens with zero attached hydrogens (tertiary/aromatic N) is 2. The molecule has 8 nitrogen and oxygen atoms in total. The van der Waals surface area contributed by atoms with Crippen LogP contribution in [-0.2, 0) is 31.2 Å². The summed E-state index contributed by atoms with van der Waals surface area (Å²) in [6, 6.07) is 5.76. The number of benzene rings is 1. The molecule has 0 saturated carbocycles. The summed E-state index contributed by atoms with van der Waals surface area (Å²) in [5, 5.41) is 2.66. The van der Waals surface area contributed by atoms with Crippen molar-refractivity contribution in [2.45, 2.75) is 30.8 Å². The molecular formula is C17H27N3O5S2. The van der Waals surface area contributed by atoms with Crippen LogP contribution in [0.15, 0.2) is 29.2 Å². The van der Waals surface area contributed by atoms with Gasteiger partial charge in [0.05, 0.1) is 16.4 Å². The van der Waals surface area contributed by atoms with Crippen LogP contribution >= 0.6 is 0 Å². The van der Waals surface area contributed by atoms with E-state index >= 15 is 0 Å². The maximum atomic E-state index is 13.2. The summed E-state index contributed by atoms with van der Waals surface area (Å²) >= 11 is 0. The van der Waals surface area contributed by atoms with Gasteiger partial charge in [0.25, 0.3) is 0 Å². The zero-order chi connectivity index (χ0) is 20.2. The molecular weight excluding hydrogens is 390 g/mol. The molecule has 0 spiro atoms. The lowest BCUT2D eigenvalue weighted by Crippen LogP contribution is -2.44. The predicted molar refractivity (Wildman–Crippen MR) is 103 cm³/mol. The normalized spacial score (nSPS) is 19.5. The Kier molecular flexibility index (Phi) is 7.01. The third kappa shape index (κ3) is 6.00. The van der Waals surface area contributed by atoms with Crippen LogP contribution in [-0.4, -0.2) is 76.7 Å². The van der Waals surface area contributed by atoms with Crippen molar-refractivity contribution in [3.05, 3.63) is 29.8 Å². The van der Waals surface area contributed by atoms with Gasteiger partial charge in [0, 0.05) is 32.6 Å². The van der Waals surface area contributed by atoms with E-state index in [1.807, 2.05) is 19.0 Å². The molecule has 0 aromatic heterocycles. The van der Waals surface area contributed by atoms with Gasteiger partial charge in [-0.15, -0.1) is 0 Å². The van der Waals surface area contributed by atoms with Crippen LogP contribution in [0.3, 0.4) is 0 Å². The van der Waals surface area contributed by atoms with Crippen molar-refractivity contribution in [1.82, 2.24) is 14.5 Å². The predicted octanol–water partition coefficient (Wildman–Crippen LogP) is 0.0621. The summed E-state index contributed by atoms with van der Waals surface area (Å²) in [6.45, 7) is 2.46. The van der Waals surface area contributed by atoms with Crippen molar-refractivity contribution in [1.29, 1.82) is 0 Å². The second-order valence-corrected chi connectivity index (χ2v) is 11.1. The van der Waals surface area contributed by atoms with Gasteiger partial charge < -0.3 is 10.2 Å². The quantitative estimate of drug-likeness (QED) is 0.642. The largest absolute Gasteiger partial charge is 0.352 e. The number of likely N-dealkylation sites (N-methyl/N-ethyl adjacent to an activating group) is 1. The first-order chi connectivity index (χ1) is 12.5. The van der Waals surface area contributed by atoms with Gasteiger partial charge in [0.15, 0.2) is 9.84 Å². The highest BCUT2D eigenvalue weighted by molar-refractivity contribution is 7.92. The van der Waals surface area contributed by atoms with E-state index in [-0.39, 0.29) is 28.9 Å². The molecule has 1 amide bonds. The first-order valence-corrected chi connectivity index (χ1v) is 12.0. The highest BCUT2D eigenvalue weighted by atomic mass is 32.2. The molecule has 1 atom stereocenters. The summed E-state index contributed by atoms with van der Waals surface area (Å²) in [5.41, 5.74) is 0.785. The first kappa shape index (κ1) is 21.8. The molecule has 1 aromatic carbocycles. The Morgan fingerprint density at radius 3 is 2.30 bits per heavy atom. The Hall–Kier alpha value is -1.49. The summed E-state index contributed by atoms with van der Waals surface area (Å²) in [6.07, 6.45) is 0.315. The van der Waals surface area contributed by atoms with Crippen LogP contribution in [0, 0.1) is 0 Å². The minimum absolute atomic E-state index is 0.0152.